The lowest BCUT2D eigenvalue weighted by Crippen LogP contribution is -2.36. The van der Waals surface area contributed by atoms with Crippen LogP contribution in [0.15, 0.2) is 18.2 Å². The predicted octanol–water partition coefficient (Wildman–Crippen LogP) is 3.03. The highest BCUT2D eigenvalue weighted by Crippen LogP contribution is 2.29. The van der Waals surface area contributed by atoms with E-state index in [-0.39, 0.29) is 11.5 Å². The molecular weight excluding hydrogens is 296 g/mol. The van der Waals surface area contributed by atoms with E-state index in [9.17, 15) is 13.6 Å². The number of carboxylic acids is 1. The number of unbranched alkanes of at least 4 members (excludes halogenated alkanes) is 1. The summed E-state index contributed by atoms with van der Waals surface area (Å²) in [5.74, 6) is -0.778. The summed E-state index contributed by atoms with van der Waals surface area (Å²) in [6, 6.07) is 3.88. The van der Waals surface area contributed by atoms with Gasteiger partial charge in [0.05, 0.1) is 7.11 Å². The van der Waals surface area contributed by atoms with Gasteiger partial charge in [-0.15, -0.1) is 0 Å². The fourth-order valence-electron chi connectivity index (χ4n) is 1.98. The topological polar surface area (TPSA) is 67.8 Å². The number of ether oxygens (including phenoxy) is 2. The highest BCUT2D eigenvalue weighted by atomic mass is 19.3. The molecule has 0 fully saturated rings. The third-order valence-corrected chi connectivity index (χ3v) is 3.14. The number of benzene rings is 1. The molecule has 0 heterocycles. The number of carbonyl (C=O) groups is 1. The molecule has 0 aromatic heterocycles. The number of aliphatic carboxylic acids is 1. The normalized spacial score (nSPS) is 12.2. The van der Waals surface area contributed by atoms with Crippen molar-refractivity contribution in [2.75, 3.05) is 7.11 Å². The number of carboxylic acid groups (broad SMARTS) is 1. The predicted molar refractivity (Wildman–Crippen MR) is 77.4 cm³/mol. The Morgan fingerprint density at radius 1 is 1.36 bits per heavy atom. The Labute approximate surface area is 128 Å². The van der Waals surface area contributed by atoms with Gasteiger partial charge in [0.25, 0.3) is 0 Å². The summed E-state index contributed by atoms with van der Waals surface area (Å²) in [4.78, 5) is 11.1. The van der Waals surface area contributed by atoms with Crippen molar-refractivity contribution < 1.29 is 28.2 Å². The van der Waals surface area contributed by atoms with Gasteiger partial charge in [-0.3, -0.25) is 4.79 Å². The molecule has 1 aromatic rings. The van der Waals surface area contributed by atoms with Crippen LogP contribution in [0.4, 0.5) is 8.78 Å². The van der Waals surface area contributed by atoms with Gasteiger partial charge < -0.3 is 19.9 Å². The van der Waals surface area contributed by atoms with Gasteiger partial charge in [0.15, 0.2) is 11.5 Å². The van der Waals surface area contributed by atoms with Crippen molar-refractivity contribution in [1.82, 2.24) is 5.32 Å². The van der Waals surface area contributed by atoms with Gasteiger partial charge in [-0.2, -0.15) is 8.78 Å². The van der Waals surface area contributed by atoms with E-state index in [1.54, 1.807) is 12.1 Å². The molecule has 2 N–H and O–H groups in total. The fourth-order valence-corrected chi connectivity index (χ4v) is 1.98. The smallest absolute Gasteiger partial charge is 0.387 e. The Hall–Kier alpha value is -1.89. The summed E-state index contributed by atoms with van der Waals surface area (Å²) < 4.78 is 33.8. The number of nitrogens with one attached hydrogen (secondary N) is 1. The van der Waals surface area contributed by atoms with E-state index in [0.29, 0.717) is 13.0 Å². The van der Waals surface area contributed by atoms with Gasteiger partial charge in [-0.05, 0) is 24.1 Å². The Morgan fingerprint density at radius 3 is 2.64 bits per heavy atom. The molecule has 0 amide bonds. The maximum atomic E-state index is 12.2. The molecule has 0 aliphatic rings. The minimum Gasteiger partial charge on any atom is -0.493 e. The molecule has 0 aliphatic heterocycles. The molecule has 0 spiro atoms. The summed E-state index contributed by atoms with van der Waals surface area (Å²) in [7, 11) is 1.35. The van der Waals surface area contributed by atoms with Crippen LogP contribution in [0.1, 0.15) is 31.7 Å². The monoisotopic (exact) mass is 317 g/mol. The first kappa shape index (κ1) is 18.2. The van der Waals surface area contributed by atoms with Crippen LogP contribution in [-0.2, 0) is 11.3 Å². The first-order valence-corrected chi connectivity index (χ1v) is 7.05. The van der Waals surface area contributed by atoms with Crippen LogP contribution in [0, 0.1) is 0 Å². The fraction of sp³-hybridized carbons (Fsp3) is 0.533. The van der Waals surface area contributed by atoms with E-state index >= 15 is 0 Å². The molecule has 0 radical (unpaired) electrons. The van der Waals surface area contributed by atoms with Gasteiger partial charge in [0.2, 0.25) is 0 Å². The first-order valence-electron chi connectivity index (χ1n) is 7.05. The molecule has 0 bridgehead atoms. The summed E-state index contributed by atoms with van der Waals surface area (Å²) in [6.07, 6.45) is 2.27. The largest absolute Gasteiger partial charge is 0.493 e. The van der Waals surface area contributed by atoms with Crippen LogP contribution >= 0.6 is 0 Å². The van der Waals surface area contributed by atoms with Crippen molar-refractivity contribution in [3.05, 3.63) is 23.8 Å². The second-order valence-electron chi connectivity index (χ2n) is 4.78. The van der Waals surface area contributed by atoms with Crippen LogP contribution in [0.2, 0.25) is 0 Å². The number of halogens is 2. The minimum atomic E-state index is -2.93. The molecule has 0 unspecified atom stereocenters. The highest BCUT2D eigenvalue weighted by molar-refractivity contribution is 5.73. The lowest BCUT2D eigenvalue weighted by molar-refractivity contribution is -0.139. The summed E-state index contributed by atoms with van der Waals surface area (Å²) in [6.45, 7) is -0.638. The Morgan fingerprint density at radius 2 is 2.09 bits per heavy atom. The summed E-state index contributed by atoms with van der Waals surface area (Å²) in [5.41, 5.74) is 0.723. The van der Waals surface area contributed by atoms with Gasteiger partial charge in [0.1, 0.15) is 6.04 Å². The SMILES string of the molecule is CCCC[C@H](NCc1ccc(OC(F)F)c(OC)c1)C(=O)O. The molecule has 1 atom stereocenters. The van der Waals surface area contributed by atoms with E-state index in [4.69, 9.17) is 9.84 Å². The van der Waals surface area contributed by atoms with Gasteiger partial charge in [-0.25, -0.2) is 0 Å². The van der Waals surface area contributed by atoms with Crippen LogP contribution in [0.5, 0.6) is 11.5 Å². The van der Waals surface area contributed by atoms with Crippen LogP contribution < -0.4 is 14.8 Å². The minimum absolute atomic E-state index is 0.0537. The van der Waals surface area contributed by atoms with Crippen molar-refractivity contribution in [3.8, 4) is 11.5 Å². The van der Waals surface area contributed by atoms with E-state index in [2.05, 4.69) is 10.1 Å². The van der Waals surface area contributed by atoms with Crippen molar-refractivity contribution in [2.24, 2.45) is 0 Å². The zero-order chi connectivity index (χ0) is 16.5. The van der Waals surface area contributed by atoms with Crippen LogP contribution in [0.25, 0.3) is 0 Å². The number of methoxy groups -OCH3 is 1. The Bertz CT molecular complexity index is 483. The number of hydrogen-bond donors (Lipinski definition) is 2. The van der Waals surface area contributed by atoms with Crippen molar-refractivity contribution in [1.29, 1.82) is 0 Å². The lowest BCUT2D eigenvalue weighted by Gasteiger charge is -2.15. The van der Waals surface area contributed by atoms with Crippen molar-refractivity contribution >= 4 is 5.97 Å². The molecule has 0 aliphatic carbocycles. The second kappa shape index (κ2) is 9.19. The number of rotatable bonds is 10. The van der Waals surface area contributed by atoms with Crippen molar-refractivity contribution in [3.63, 3.8) is 0 Å². The molecule has 7 heteroatoms. The molecule has 0 saturated heterocycles. The first-order chi connectivity index (χ1) is 10.5. The number of hydrogen-bond acceptors (Lipinski definition) is 4. The molecule has 22 heavy (non-hydrogen) atoms. The van der Waals surface area contributed by atoms with E-state index in [1.165, 1.54) is 13.2 Å². The third-order valence-electron chi connectivity index (χ3n) is 3.14. The summed E-state index contributed by atoms with van der Waals surface area (Å²) >= 11 is 0. The van der Waals surface area contributed by atoms with Crippen LogP contribution in [0.3, 0.4) is 0 Å². The molecule has 124 valence electrons. The van der Waals surface area contributed by atoms with Crippen LogP contribution in [-0.4, -0.2) is 30.8 Å². The standard InChI is InChI=1S/C15H21F2NO4/c1-3-4-5-11(14(19)20)18-9-10-6-7-12(22-15(16)17)13(8-10)21-2/h6-8,11,15,18H,3-5,9H2,1-2H3,(H,19,20)/t11-/m0/s1. The lowest BCUT2D eigenvalue weighted by atomic mass is 10.1. The summed E-state index contributed by atoms with van der Waals surface area (Å²) in [5, 5.41) is 12.1. The maximum Gasteiger partial charge on any atom is 0.387 e. The molecule has 0 saturated carbocycles. The Kier molecular flexibility index (Phi) is 7.59. The molecule has 5 nitrogen and oxygen atoms in total. The second-order valence-corrected chi connectivity index (χ2v) is 4.78. The van der Waals surface area contributed by atoms with E-state index in [0.717, 1.165) is 18.4 Å². The average Bonchev–Trinajstić information content (AvgIpc) is 2.47. The third kappa shape index (κ3) is 5.85. The maximum absolute atomic E-state index is 12.2. The molecular formula is C15H21F2NO4. The zero-order valence-electron chi connectivity index (χ0n) is 12.6. The number of alkyl halides is 2. The molecule has 1 aromatic carbocycles. The van der Waals surface area contributed by atoms with Gasteiger partial charge in [0, 0.05) is 6.54 Å². The van der Waals surface area contributed by atoms with Gasteiger partial charge >= 0.3 is 12.6 Å². The van der Waals surface area contributed by atoms with Crippen molar-refractivity contribution in [2.45, 2.75) is 45.4 Å². The Balaban J connectivity index is 2.70. The zero-order valence-corrected chi connectivity index (χ0v) is 12.6. The average molecular weight is 317 g/mol. The van der Waals surface area contributed by atoms with Gasteiger partial charge in [-0.1, -0.05) is 25.8 Å². The quantitative estimate of drug-likeness (QED) is 0.694. The van der Waals surface area contributed by atoms with E-state index < -0.39 is 18.6 Å². The molecule has 1 rings (SSSR count). The van der Waals surface area contributed by atoms with E-state index in [1.807, 2.05) is 6.92 Å². The highest BCUT2D eigenvalue weighted by Gasteiger charge is 2.16.